The molecule has 2 unspecified atom stereocenters. The first-order valence-corrected chi connectivity index (χ1v) is 14.9. The summed E-state index contributed by atoms with van der Waals surface area (Å²) in [5.41, 5.74) is 2.69. The second-order valence-corrected chi connectivity index (χ2v) is 13.8. The average molecular weight is 511 g/mol. The first-order chi connectivity index (χ1) is 14.6. The molecule has 2 atom stereocenters. The molecule has 0 N–H and O–H groups in total. The highest BCUT2D eigenvalue weighted by Crippen LogP contribution is 2.44. The molecule has 1 aromatic carbocycles. The maximum absolute atomic E-state index is 11.4. The van der Waals surface area contributed by atoms with Crippen molar-refractivity contribution >= 4 is 80.8 Å². The zero-order valence-corrected chi connectivity index (χ0v) is 21.2. The van der Waals surface area contributed by atoms with E-state index in [1.165, 1.54) is 56.6 Å². The van der Waals surface area contributed by atoms with Crippen LogP contribution in [0.4, 0.5) is 0 Å². The van der Waals surface area contributed by atoms with Gasteiger partial charge in [0.1, 0.15) is 0 Å². The van der Waals surface area contributed by atoms with Gasteiger partial charge in [-0.3, -0.25) is 9.59 Å². The van der Waals surface area contributed by atoms with Crippen molar-refractivity contribution in [1.29, 1.82) is 0 Å². The van der Waals surface area contributed by atoms with Crippen LogP contribution < -0.4 is 0 Å². The smallest absolute Gasteiger partial charge is 0.211 e. The van der Waals surface area contributed by atoms with E-state index in [1.807, 2.05) is 47.0 Å². The maximum atomic E-state index is 11.4. The van der Waals surface area contributed by atoms with Crippen LogP contribution in [-0.4, -0.2) is 30.9 Å². The number of hydrogen-bond acceptors (Lipinski definition) is 8. The lowest BCUT2D eigenvalue weighted by Crippen LogP contribution is -2.01. The summed E-state index contributed by atoms with van der Waals surface area (Å²) in [4.78, 5) is 25.3. The van der Waals surface area contributed by atoms with Crippen molar-refractivity contribution < 1.29 is 9.59 Å². The molecule has 2 heterocycles. The van der Waals surface area contributed by atoms with Crippen molar-refractivity contribution in [1.82, 2.24) is 0 Å². The van der Waals surface area contributed by atoms with Crippen LogP contribution in [0.2, 0.25) is 0 Å². The van der Waals surface area contributed by atoms with Gasteiger partial charge < -0.3 is 0 Å². The molecule has 2 nitrogen and oxygen atoms in total. The molecule has 2 aliphatic rings. The molecule has 0 amide bonds. The third-order valence-corrected chi connectivity index (χ3v) is 11.6. The van der Waals surface area contributed by atoms with Crippen molar-refractivity contribution in [3.8, 4) is 0 Å². The van der Waals surface area contributed by atoms with Gasteiger partial charge >= 0.3 is 0 Å². The fourth-order valence-electron chi connectivity index (χ4n) is 2.67. The van der Waals surface area contributed by atoms with Crippen LogP contribution in [0.5, 0.6) is 0 Å². The zero-order valence-electron chi connectivity index (χ0n) is 16.3. The van der Waals surface area contributed by atoms with E-state index in [9.17, 15) is 9.59 Å². The van der Waals surface area contributed by atoms with Gasteiger partial charge in [0.05, 0.1) is 9.16 Å². The Morgan fingerprint density at radius 1 is 0.800 bits per heavy atom. The highest BCUT2D eigenvalue weighted by atomic mass is 32.2. The molecule has 0 fully saturated rings. The van der Waals surface area contributed by atoms with Gasteiger partial charge in [-0.15, -0.1) is 47.0 Å². The van der Waals surface area contributed by atoms with Gasteiger partial charge in [-0.25, -0.2) is 0 Å². The van der Waals surface area contributed by atoms with Crippen molar-refractivity contribution in [3.63, 3.8) is 0 Å². The minimum absolute atomic E-state index is 0.0328. The Morgan fingerprint density at radius 2 is 1.20 bits per heavy atom. The van der Waals surface area contributed by atoms with Crippen LogP contribution in [0.25, 0.3) is 0 Å². The molecule has 3 rings (SSSR count). The predicted molar refractivity (Wildman–Crippen MR) is 143 cm³/mol. The van der Waals surface area contributed by atoms with Gasteiger partial charge in [-0.1, -0.05) is 60.9 Å². The van der Waals surface area contributed by atoms with Gasteiger partial charge in [-0.2, -0.15) is 0 Å². The lowest BCUT2D eigenvalue weighted by molar-refractivity contribution is -0.107. The molecule has 0 aliphatic carbocycles. The van der Waals surface area contributed by atoms with Gasteiger partial charge in [-0.05, 0) is 46.9 Å². The molecule has 30 heavy (non-hydrogen) atoms. The van der Waals surface area contributed by atoms with Crippen molar-refractivity contribution in [3.05, 3.63) is 81.3 Å². The Labute approximate surface area is 204 Å². The summed E-state index contributed by atoms with van der Waals surface area (Å²) in [5.74, 6) is 1.48. The zero-order chi connectivity index (χ0) is 21.3. The van der Waals surface area contributed by atoms with Gasteiger partial charge in [0.25, 0.3) is 0 Å². The van der Waals surface area contributed by atoms with E-state index in [0.29, 0.717) is 9.16 Å². The lowest BCUT2D eigenvalue weighted by atomic mass is 10.1. The molecule has 0 saturated carbocycles. The van der Waals surface area contributed by atoms with E-state index >= 15 is 0 Å². The van der Waals surface area contributed by atoms with Crippen LogP contribution in [0.1, 0.15) is 11.1 Å². The summed E-state index contributed by atoms with van der Waals surface area (Å²) >= 11 is 10.1. The van der Waals surface area contributed by atoms with E-state index in [0.717, 1.165) is 24.3 Å². The number of carbonyl (C=O) groups is 2. The van der Waals surface area contributed by atoms with Gasteiger partial charge in [0.15, 0.2) is 0 Å². The van der Waals surface area contributed by atoms with Crippen LogP contribution >= 0.6 is 70.6 Å². The third kappa shape index (κ3) is 7.95. The molecule has 2 aliphatic heterocycles. The molecule has 0 saturated heterocycles. The van der Waals surface area contributed by atoms with Gasteiger partial charge in [0, 0.05) is 21.3 Å². The Bertz CT molecular complexity index is 788. The summed E-state index contributed by atoms with van der Waals surface area (Å²) in [6, 6.07) is 8.95. The largest absolute Gasteiger partial charge is 0.282 e. The van der Waals surface area contributed by atoms with Crippen LogP contribution in [0, 0.1) is 0 Å². The molecule has 158 valence electrons. The quantitative estimate of drug-likeness (QED) is 0.313. The van der Waals surface area contributed by atoms with Crippen molar-refractivity contribution in [2.24, 2.45) is 0 Å². The molecule has 0 spiro atoms. The Balaban J connectivity index is 1.39. The minimum Gasteiger partial charge on any atom is -0.282 e. The standard InChI is InChI=1S/C22H22O2S6/c1-3-19(23)25-11-17-13-27-21(29-17)9-15-5-7-16(8-6-15)10-22-28-14-18(30-22)12-26-20(24)4-2/h3-8,13-14,21-22H,1-2,9-12H2. The third-order valence-electron chi connectivity index (χ3n) is 4.14. The van der Waals surface area contributed by atoms with E-state index in [1.54, 1.807) is 0 Å². The first kappa shape index (κ1) is 24.3. The van der Waals surface area contributed by atoms with E-state index < -0.39 is 0 Å². The van der Waals surface area contributed by atoms with E-state index in [2.05, 4.69) is 48.2 Å². The highest BCUT2D eigenvalue weighted by Gasteiger charge is 2.21. The molecule has 0 radical (unpaired) electrons. The normalized spacial score (nSPS) is 20.5. The van der Waals surface area contributed by atoms with Crippen molar-refractivity contribution in [2.45, 2.75) is 22.0 Å². The van der Waals surface area contributed by atoms with E-state index in [-0.39, 0.29) is 10.2 Å². The summed E-state index contributed by atoms with van der Waals surface area (Å²) in [5, 5.41) is 4.44. The van der Waals surface area contributed by atoms with Crippen molar-refractivity contribution in [2.75, 3.05) is 11.5 Å². The lowest BCUT2D eigenvalue weighted by Gasteiger charge is -2.12. The average Bonchev–Trinajstić information content (AvgIpc) is 3.40. The Hall–Kier alpha value is -0.380. The molecule has 0 aromatic heterocycles. The fourth-order valence-corrected chi connectivity index (χ4v) is 9.62. The topological polar surface area (TPSA) is 34.1 Å². The summed E-state index contributed by atoms with van der Waals surface area (Å²) in [6.45, 7) is 7.03. The second-order valence-electron chi connectivity index (χ2n) is 6.38. The van der Waals surface area contributed by atoms with Crippen LogP contribution in [0.15, 0.2) is 70.2 Å². The molecule has 0 bridgehead atoms. The monoisotopic (exact) mass is 510 g/mol. The predicted octanol–water partition coefficient (Wildman–Crippen LogP) is 6.96. The highest BCUT2D eigenvalue weighted by molar-refractivity contribution is 8.24. The molecular weight excluding hydrogens is 489 g/mol. The maximum Gasteiger partial charge on any atom is 0.211 e. The number of carbonyl (C=O) groups excluding carboxylic acids is 2. The molecular formula is C22H22O2S6. The Morgan fingerprint density at radius 3 is 1.57 bits per heavy atom. The van der Waals surface area contributed by atoms with Gasteiger partial charge in [0.2, 0.25) is 10.2 Å². The first-order valence-electron chi connectivity index (χ1n) is 9.24. The van der Waals surface area contributed by atoms with E-state index in [4.69, 9.17) is 0 Å². The minimum atomic E-state index is 0.0328. The SMILES string of the molecule is C=CC(=O)SCC1=CSC(Cc2ccc(CC3SC=C(CSC(=O)C=C)S3)cc2)S1. The summed E-state index contributed by atoms with van der Waals surface area (Å²) < 4.78 is 0.961. The summed E-state index contributed by atoms with van der Waals surface area (Å²) in [6.07, 6.45) is 4.78. The Kier molecular flexibility index (Phi) is 10.2. The number of thioether (sulfide) groups is 6. The summed E-state index contributed by atoms with van der Waals surface area (Å²) in [7, 11) is 0. The second kappa shape index (κ2) is 12.6. The van der Waals surface area contributed by atoms with Crippen LogP contribution in [0.3, 0.4) is 0 Å². The number of hydrogen-bond donors (Lipinski definition) is 0. The molecule has 1 aromatic rings. The molecule has 8 heteroatoms. The van der Waals surface area contributed by atoms with Crippen LogP contribution in [-0.2, 0) is 22.4 Å². The number of rotatable bonds is 10. The fraction of sp³-hybridized carbons (Fsp3) is 0.273. The number of benzene rings is 1.